The number of hydrogen-bond donors (Lipinski definition) is 2. The van der Waals surface area contributed by atoms with Gasteiger partial charge in [-0.1, -0.05) is 18.8 Å². The Morgan fingerprint density at radius 2 is 2.14 bits per heavy atom. The number of rotatable bonds is 6. The van der Waals surface area contributed by atoms with Crippen LogP contribution in [0.4, 0.5) is 0 Å². The fraction of sp³-hybridized carbons (Fsp3) is 0.438. The van der Waals surface area contributed by atoms with E-state index in [4.69, 9.17) is 5.11 Å². The van der Waals surface area contributed by atoms with E-state index in [-0.39, 0.29) is 12.5 Å². The number of hydrogen-bond acceptors (Lipinski definition) is 3. The molecule has 1 aromatic carbocycles. The molecule has 114 valence electrons. The minimum atomic E-state index is -0.875. The second-order valence-corrected chi connectivity index (χ2v) is 6.42. The van der Waals surface area contributed by atoms with Crippen LogP contribution in [0.1, 0.15) is 34.8 Å². The predicted octanol–water partition coefficient (Wildman–Crippen LogP) is 1.23. The van der Waals surface area contributed by atoms with Crippen molar-refractivity contribution in [3.05, 3.63) is 34.9 Å². The molecule has 0 aromatic heterocycles. The van der Waals surface area contributed by atoms with Gasteiger partial charge in [0.15, 0.2) is 0 Å². The van der Waals surface area contributed by atoms with E-state index >= 15 is 0 Å². The van der Waals surface area contributed by atoms with Crippen molar-refractivity contribution in [3.63, 3.8) is 0 Å². The molecule has 0 aliphatic heterocycles. The molecule has 0 aliphatic rings. The summed E-state index contributed by atoms with van der Waals surface area (Å²) in [6.07, 6.45) is 0.415. The number of aliphatic hydroxyl groups is 1. The monoisotopic (exact) mass is 307 g/mol. The normalized spacial score (nSPS) is 11.4. The minimum Gasteiger partial charge on any atom is -0.395 e. The van der Waals surface area contributed by atoms with Crippen molar-refractivity contribution in [2.45, 2.75) is 20.3 Å². The van der Waals surface area contributed by atoms with Crippen LogP contribution in [0.3, 0.4) is 0 Å². The summed E-state index contributed by atoms with van der Waals surface area (Å²) in [6.45, 7) is 4.19. The highest BCUT2D eigenvalue weighted by Crippen LogP contribution is 2.09. The molecule has 0 saturated carbocycles. The zero-order valence-electron chi connectivity index (χ0n) is 12.4. The molecule has 0 radical (unpaired) electrons. The third kappa shape index (κ3) is 6.56. The number of nitrogens with one attached hydrogen (secondary N) is 1. The Balaban J connectivity index is 2.71. The topological polar surface area (TPSA) is 66.4 Å². The molecule has 0 bridgehead atoms. The predicted molar refractivity (Wildman–Crippen MR) is 85.6 cm³/mol. The maximum atomic E-state index is 12.1. The molecule has 1 aromatic rings. The molecule has 21 heavy (non-hydrogen) atoms. The van der Waals surface area contributed by atoms with E-state index in [0.717, 1.165) is 11.1 Å². The zero-order chi connectivity index (χ0) is 15.7. The fourth-order valence-electron chi connectivity index (χ4n) is 1.73. The van der Waals surface area contributed by atoms with Crippen LogP contribution in [0.15, 0.2) is 18.2 Å². The Labute approximate surface area is 128 Å². The number of carbonyl (C=O) groups is 1. The molecule has 1 rings (SSSR count). The maximum Gasteiger partial charge on any atom is 0.251 e. The molecule has 4 nitrogen and oxygen atoms in total. The number of carbonyl (C=O) groups excluding carboxylic acids is 1. The van der Waals surface area contributed by atoms with E-state index in [1.54, 1.807) is 12.1 Å². The van der Waals surface area contributed by atoms with Gasteiger partial charge >= 0.3 is 0 Å². The highest BCUT2D eigenvalue weighted by atomic mass is 32.2. The molecule has 0 fully saturated rings. The fourth-order valence-corrected chi connectivity index (χ4v) is 2.35. The first-order valence-electron chi connectivity index (χ1n) is 6.91. The zero-order valence-corrected chi connectivity index (χ0v) is 13.3. The summed E-state index contributed by atoms with van der Waals surface area (Å²) in [5, 5.41) is 11.5. The first kappa shape index (κ1) is 17.4. The quantitative estimate of drug-likeness (QED) is 0.777. The van der Waals surface area contributed by atoms with Gasteiger partial charge in [0.05, 0.1) is 6.61 Å². The second-order valence-electron chi connectivity index (χ2n) is 4.55. The Hall–Kier alpha value is -1.64. The largest absolute Gasteiger partial charge is 0.395 e. The van der Waals surface area contributed by atoms with Crippen LogP contribution >= 0.6 is 0 Å². The second kappa shape index (κ2) is 9.32. The maximum absolute atomic E-state index is 12.1. The molecule has 0 aliphatic carbocycles. The molecule has 1 amide bonds. The van der Waals surface area contributed by atoms with Crippen molar-refractivity contribution in [2.75, 3.05) is 24.7 Å². The summed E-state index contributed by atoms with van der Waals surface area (Å²) in [4.78, 5) is 12.1. The van der Waals surface area contributed by atoms with Gasteiger partial charge in [0, 0.05) is 46.4 Å². The van der Waals surface area contributed by atoms with Crippen LogP contribution in [-0.4, -0.2) is 39.9 Å². The SMILES string of the molecule is CCS(=O)CCNC(=O)c1cc(C)cc(C#CCCO)c1. The standard InChI is InChI=1S/C16H21NO3S/c1-3-21(20)9-7-17-16(19)15-11-13(2)10-14(12-15)6-4-5-8-18/h10-12,18H,3,5,7-9H2,1-2H3,(H,17,19). The van der Waals surface area contributed by atoms with Crippen LogP contribution in [-0.2, 0) is 10.8 Å². The van der Waals surface area contributed by atoms with E-state index in [0.29, 0.717) is 30.0 Å². The lowest BCUT2D eigenvalue weighted by Crippen LogP contribution is -2.28. The molecule has 0 saturated heterocycles. The summed E-state index contributed by atoms with van der Waals surface area (Å²) in [5.41, 5.74) is 2.25. The molecule has 1 atom stereocenters. The van der Waals surface area contributed by atoms with Gasteiger partial charge in [-0.15, -0.1) is 0 Å². The Morgan fingerprint density at radius 3 is 2.81 bits per heavy atom. The van der Waals surface area contributed by atoms with Crippen molar-refractivity contribution < 1.29 is 14.1 Å². The van der Waals surface area contributed by atoms with Crippen LogP contribution in [0, 0.1) is 18.8 Å². The van der Waals surface area contributed by atoms with Crippen molar-refractivity contribution in [1.82, 2.24) is 5.32 Å². The van der Waals surface area contributed by atoms with Crippen LogP contribution in [0.5, 0.6) is 0 Å². The summed E-state index contributed by atoms with van der Waals surface area (Å²) in [7, 11) is -0.875. The lowest BCUT2D eigenvalue weighted by atomic mass is 10.1. The molecule has 0 spiro atoms. The van der Waals surface area contributed by atoms with Crippen LogP contribution < -0.4 is 5.32 Å². The van der Waals surface area contributed by atoms with Crippen LogP contribution in [0.25, 0.3) is 0 Å². The van der Waals surface area contributed by atoms with Gasteiger partial charge in [0.25, 0.3) is 5.91 Å². The third-order valence-corrected chi connectivity index (χ3v) is 4.05. The Kier molecular flexibility index (Phi) is 7.73. The van der Waals surface area contributed by atoms with Crippen LogP contribution in [0.2, 0.25) is 0 Å². The summed E-state index contributed by atoms with van der Waals surface area (Å²) in [5.74, 6) is 6.65. The first-order valence-corrected chi connectivity index (χ1v) is 8.40. The summed E-state index contributed by atoms with van der Waals surface area (Å²) >= 11 is 0. The Bertz CT molecular complexity index is 573. The highest BCUT2D eigenvalue weighted by Gasteiger charge is 2.07. The van der Waals surface area contributed by atoms with Gasteiger partial charge in [-0.3, -0.25) is 9.00 Å². The average molecular weight is 307 g/mol. The first-order chi connectivity index (χ1) is 10.1. The average Bonchev–Trinajstić information content (AvgIpc) is 2.46. The summed E-state index contributed by atoms with van der Waals surface area (Å²) < 4.78 is 11.3. The molecule has 5 heteroatoms. The van der Waals surface area contributed by atoms with E-state index in [2.05, 4.69) is 17.2 Å². The van der Waals surface area contributed by atoms with Gasteiger partial charge in [-0.25, -0.2) is 0 Å². The molecule has 1 unspecified atom stereocenters. The van der Waals surface area contributed by atoms with Gasteiger partial charge in [0.1, 0.15) is 0 Å². The summed E-state index contributed by atoms with van der Waals surface area (Å²) in [6, 6.07) is 5.42. The van der Waals surface area contributed by atoms with Gasteiger partial charge in [0.2, 0.25) is 0 Å². The number of aliphatic hydroxyl groups excluding tert-OH is 1. The van der Waals surface area contributed by atoms with Crippen molar-refractivity contribution >= 4 is 16.7 Å². The van der Waals surface area contributed by atoms with E-state index in [9.17, 15) is 9.00 Å². The molecular weight excluding hydrogens is 286 g/mol. The Morgan fingerprint density at radius 1 is 1.38 bits per heavy atom. The number of aryl methyl sites for hydroxylation is 1. The van der Waals surface area contributed by atoms with E-state index in [1.165, 1.54) is 0 Å². The van der Waals surface area contributed by atoms with Gasteiger partial charge in [-0.05, 0) is 30.7 Å². The molecular formula is C16H21NO3S. The van der Waals surface area contributed by atoms with E-state index < -0.39 is 10.8 Å². The van der Waals surface area contributed by atoms with Crippen molar-refractivity contribution in [1.29, 1.82) is 0 Å². The lowest BCUT2D eigenvalue weighted by Gasteiger charge is -2.06. The van der Waals surface area contributed by atoms with Crippen molar-refractivity contribution in [3.8, 4) is 11.8 Å². The molecule has 0 heterocycles. The number of amides is 1. The molecule has 2 N–H and O–H groups in total. The highest BCUT2D eigenvalue weighted by molar-refractivity contribution is 7.84. The number of benzene rings is 1. The van der Waals surface area contributed by atoms with Gasteiger partial charge < -0.3 is 10.4 Å². The lowest BCUT2D eigenvalue weighted by molar-refractivity contribution is 0.0956. The van der Waals surface area contributed by atoms with Gasteiger partial charge in [-0.2, -0.15) is 0 Å². The minimum absolute atomic E-state index is 0.0285. The third-order valence-electron chi connectivity index (χ3n) is 2.75. The smallest absolute Gasteiger partial charge is 0.251 e. The van der Waals surface area contributed by atoms with Crippen molar-refractivity contribution in [2.24, 2.45) is 0 Å². The van der Waals surface area contributed by atoms with E-state index in [1.807, 2.05) is 19.9 Å².